The molecule has 1 saturated carbocycles. The Bertz CT molecular complexity index is 407. The third-order valence-corrected chi connectivity index (χ3v) is 2.81. The summed E-state index contributed by atoms with van der Waals surface area (Å²) in [5.74, 6) is 1.40. The molecule has 0 saturated heterocycles. The molecule has 1 atom stereocenters. The van der Waals surface area contributed by atoms with Crippen molar-refractivity contribution in [3.05, 3.63) is 27.9 Å². The first kappa shape index (κ1) is 10.4. The zero-order valence-corrected chi connectivity index (χ0v) is 9.16. The lowest BCUT2D eigenvalue weighted by Gasteiger charge is -2.14. The van der Waals surface area contributed by atoms with Crippen LogP contribution < -0.4 is 11.3 Å². The summed E-state index contributed by atoms with van der Waals surface area (Å²) in [6.45, 7) is 4.04. The second kappa shape index (κ2) is 3.77. The van der Waals surface area contributed by atoms with Crippen LogP contribution in [0.5, 0.6) is 0 Å². The number of rotatable bonds is 3. The molecule has 4 nitrogen and oxygen atoms in total. The highest BCUT2D eigenvalue weighted by atomic mass is 16.1. The van der Waals surface area contributed by atoms with Crippen LogP contribution in [0.3, 0.4) is 0 Å². The van der Waals surface area contributed by atoms with Crippen molar-refractivity contribution in [2.24, 2.45) is 11.7 Å². The molecule has 1 fully saturated rings. The lowest BCUT2D eigenvalue weighted by atomic mass is 10.0. The summed E-state index contributed by atoms with van der Waals surface area (Å²) in [6.07, 6.45) is 2.29. The minimum absolute atomic E-state index is 0.0852. The van der Waals surface area contributed by atoms with Gasteiger partial charge in [0.1, 0.15) is 5.82 Å². The smallest absolute Gasteiger partial charge is 0.251 e. The SMILES string of the molecule is CC(C)C(N)c1nc(C2CC2)cc(=O)[nH]1. The van der Waals surface area contributed by atoms with Crippen LogP contribution in [0.15, 0.2) is 10.9 Å². The van der Waals surface area contributed by atoms with E-state index in [1.807, 2.05) is 13.8 Å². The third-order valence-electron chi connectivity index (χ3n) is 2.81. The van der Waals surface area contributed by atoms with Gasteiger partial charge in [-0.2, -0.15) is 0 Å². The number of nitrogens with two attached hydrogens (primary N) is 1. The highest BCUT2D eigenvalue weighted by Crippen LogP contribution is 2.38. The van der Waals surface area contributed by atoms with Crippen molar-refractivity contribution in [1.82, 2.24) is 9.97 Å². The van der Waals surface area contributed by atoms with Crippen molar-refractivity contribution >= 4 is 0 Å². The molecule has 3 N–H and O–H groups in total. The van der Waals surface area contributed by atoms with E-state index in [0.717, 1.165) is 18.5 Å². The molecule has 1 aliphatic carbocycles. The van der Waals surface area contributed by atoms with E-state index in [2.05, 4.69) is 9.97 Å². The van der Waals surface area contributed by atoms with Crippen molar-refractivity contribution in [3.8, 4) is 0 Å². The Morgan fingerprint density at radius 1 is 1.53 bits per heavy atom. The second-order valence-electron chi connectivity index (χ2n) is 4.60. The molecule has 1 aromatic heterocycles. The van der Waals surface area contributed by atoms with Gasteiger partial charge in [0.2, 0.25) is 0 Å². The molecule has 0 radical (unpaired) electrons. The number of nitrogens with one attached hydrogen (secondary N) is 1. The van der Waals surface area contributed by atoms with E-state index >= 15 is 0 Å². The van der Waals surface area contributed by atoms with Crippen molar-refractivity contribution < 1.29 is 0 Å². The van der Waals surface area contributed by atoms with Crippen LogP contribution in [0, 0.1) is 5.92 Å². The summed E-state index contributed by atoms with van der Waals surface area (Å²) in [5, 5.41) is 0. The molecule has 0 bridgehead atoms. The summed E-state index contributed by atoms with van der Waals surface area (Å²) >= 11 is 0. The normalized spacial score (nSPS) is 18.1. The number of aromatic nitrogens is 2. The Kier molecular flexibility index (Phi) is 2.61. The Morgan fingerprint density at radius 2 is 2.20 bits per heavy atom. The second-order valence-corrected chi connectivity index (χ2v) is 4.60. The number of nitrogens with zero attached hydrogens (tertiary/aromatic N) is 1. The molecule has 1 aliphatic rings. The van der Waals surface area contributed by atoms with Gasteiger partial charge in [-0.05, 0) is 18.8 Å². The first-order valence-corrected chi connectivity index (χ1v) is 5.44. The van der Waals surface area contributed by atoms with E-state index < -0.39 is 0 Å². The molecule has 0 amide bonds. The summed E-state index contributed by atoms with van der Waals surface area (Å²) < 4.78 is 0. The zero-order chi connectivity index (χ0) is 11.0. The monoisotopic (exact) mass is 207 g/mol. The van der Waals surface area contributed by atoms with Crippen LogP contribution >= 0.6 is 0 Å². The Balaban J connectivity index is 2.34. The Labute approximate surface area is 88.9 Å². The van der Waals surface area contributed by atoms with Crippen LogP contribution in [0.4, 0.5) is 0 Å². The van der Waals surface area contributed by atoms with Gasteiger partial charge in [-0.15, -0.1) is 0 Å². The fourth-order valence-corrected chi connectivity index (χ4v) is 1.56. The van der Waals surface area contributed by atoms with Gasteiger partial charge in [-0.3, -0.25) is 4.79 Å². The standard InChI is InChI=1S/C11H17N3O/c1-6(2)10(12)11-13-8(7-3-4-7)5-9(15)14-11/h5-7,10H,3-4,12H2,1-2H3,(H,13,14,15). The van der Waals surface area contributed by atoms with Gasteiger partial charge >= 0.3 is 0 Å². The van der Waals surface area contributed by atoms with Gasteiger partial charge in [0.25, 0.3) is 5.56 Å². The van der Waals surface area contributed by atoms with Gasteiger partial charge < -0.3 is 10.7 Å². The highest BCUT2D eigenvalue weighted by molar-refractivity contribution is 5.15. The molecule has 2 rings (SSSR count). The number of aromatic amines is 1. The lowest BCUT2D eigenvalue weighted by Crippen LogP contribution is -2.24. The topological polar surface area (TPSA) is 71.8 Å². The van der Waals surface area contributed by atoms with Crippen LogP contribution in [0.25, 0.3) is 0 Å². The molecule has 1 unspecified atom stereocenters. The summed E-state index contributed by atoms with van der Waals surface area (Å²) in [6, 6.07) is 1.41. The van der Waals surface area contributed by atoms with Crippen LogP contribution in [0.2, 0.25) is 0 Å². The van der Waals surface area contributed by atoms with Crippen LogP contribution in [0.1, 0.15) is 50.2 Å². The fraction of sp³-hybridized carbons (Fsp3) is 0.636. The third kappa shape index (κ3) is 2.26. The average Bonchev–Trinajstić information content (AvgIpc) is 2.98. The van der Waals surface area contributed by atoms with Gasteiger partial charge in [0.05, 0.1) is 11.7 Å². The van der Waals surface area contributed by atoms with Gasteiger partial charge in [-0.1, -0.05) is 13.8 Å². The minimum atomic E-state index is -0.184. The molecule has 0 aromatic carbocycles. The highest BCUT2D eigenvalue weighted by Gasteiger charge is 2.26. The van der Waals surface area contributed by atoms with E-state index in [4.69, 9.17) is 5.73 Å². The molecule has 82 valence electrons. The van der Waals surface area contributed by atoms with Gasteiger partial charge in [-0.25, -0.2) is 4.98 Å². The van der Waals surface area contributed by atoms with E-state index in [1.165, 1.54) is 0 Å². The minimum Gasteiger partial charge on any atom is -0.321 e. The van der Waals surface area contributed by atoms with Crippen molar-refractivity contribution in [2.45, 2.75) is 38.6 Å². The Hall–Kier alpha value is -1.16. The summed E-state index contributed by atoms with van der Waals surface area (Å²) in [4.78, 5) is 18.6. The maximum atomic E-state index is 11.4. The van der Waals surface area contributed by atoms with Crippen LogP contribution in [-0.4, -0.2) is 9.97 Å². The van der Waals surface area contributed by atoms with E-state index in [0.29, 0.717) is 11.7 Å². The molecule has 1 aromatic rings. The quantitative estimate of drug-likeness (QED) is 0.784. The van der Waals surface area contributed by atoms with Crippen LogP contribution in [-0.2, 0) is 0 Å². The zero-order valence-electron chi connectivity index (χ0n) is 9.16. The van der Waals surface area contributed by atoms with Crippen molar-refractivity contribution in [2.75, 3.05) is 0 Å². The van der Waals surface area contributed by atoms with Gasteiger partial charge in [0, 0.05) is 12.0 Å². The predicted octanol–water partition coefficient (Wildman–Crippen LogP) is 1.30. The summed E-state index contributed by atoms with van der Waals surface area (Å²) in [5.41, 5.74) is 6.79. The summed E-state index contributed by atoms with van der Waals surface area (Å²) in [7, 11) is 0. The average molecular weight is 207 g/mol. The van der Waals surface area contributed by atoms with E-state index in [-0.39, 0.29) is 17.5 Å². The fourth-order valence-electron chi connectivity index (χ4n) is 1.56. The molecule has 15 heavy (non-hydrogen) atoms. The number of H-pyrrole nitrogens is 1. The first-order valence-electron chi connectivity index (χ1n) is 5.44. The van der Waals surface area contributed by atoms with E-state index in [9.17, 15) is 4.79 Å². The van der Waals surface area contributed by atoms with Crippen molar-refractivity contribution in [1.29, 1.82) is 0 Å². The Morgan fingerprint density at radius 3 is 2.73 bits per heavy atom. The number of hydrogen-bond donors (Lipinski definition) is 2. The molecular formula is C11H17N3O. The number of hydrogen-bond acceptors (Lipinski definition) is 3. The molecule has 0 aliphatic heterocycles. The molecule has 4 heteroatoms. The molecule has 1 heterocycles. The maximum Gasteiger partial charge on any atom is 0.251 e. The van der Waals surface area contributed by atoms with E-state index in [1.54, 1.807) is 6.07 Å². The molecular weight excluding hydrogens is 190 g/mol. The van der Waals surface area contributed by atoms with Crippen molar-refractivity contribution in [3.63, 3.8) is 0 Å². The molecule has 0 spiro atoms. The largest absolute Gasteiger partial charge is 0.321 e. The maximum absolute atomic E-state index is 11.4. The first-order chi connectivity index (χ1) is 7.08. The lowest BCUT2D eigenvalue weighted by molar-refractivity contribution is 0.487. The predicted molar refractivity (Wildman–Crippen MR) is 58.6 cm³/mol. The van der Waals surface area contributed by atoms with Gasteiger partial charge in [0.15, 0.2) is 0 Å².